The third-order valence-electron chi connectivity index (χ3n) is 5.95. The van der Waals surface area contributed by atoms with Gasteiger partial charge in [-0.1, -0.05) is 153 Å². The third kappa shape index (κ3) is 6.43. The summed E-state index contributed by atoms with van der Waals surface area (Å²) in [6.07, 6.45) is 8.88. The highest BCUT2D eigenvalue weighted by Gasteiger charge is 2.39. The van der Waals surface area contributed by atoms with Crippen molar-refractivity contribution in [1.82, 2.24) is 0 Å². The molecular weight excluding hydrogens is 491 g/mol. The van der Waals surface area contributed by atoms with E-state index in [0.29, 0.717) is 0 Å². The lowest BCUT2D eigenvalue weighted by Crippen LogP contribution is -2.37. The van der Waals surface area contributed by atoms with Gasteiger partial charge in [0, 0.05) is 4.43 Å². The maximum Gasteiger partial charge on any atom is 0.144 e. The van der Waals surface area contributed by atoms with Crippen molar-refractivity contribution in [2.24, 2.45) is 0 Å². The van der Waals surface area contributed by atoms with E-state index in [0.717, 1.165) is 17.3 Å². The van der Waals surface area contributed by atoms with Crippen LogP contribution in [0.4, 0.5) is 0 Å². The van der Waals surface area contributed by atoms with Crippen LogP contribution in [0, 0.1) is 0 Å². The zero-order valence-corrected chi connectivity index (χ0v) is 20.8. The molecule has 2 heteroatoms. The number of rotatable bonds is 13. The van der Waals surface area contributed by atoms with Gasteiger partial charge in [-0.25, -0.2) is 0 Å². The van der Waals surface area contributed by atoms with E-state index in [9.17, 15) is 0 Å². The first-order valence-corrected chi connectivity index (χ1v) is 13.2. The second-order valence-electron chi connectivity index (χ2n) is 8.20. The molecule has 0 spiro atoms. The number of benzene rings is 3. The fraction of sp³-hybridized carbons (Fsp3) is 0.379. The number of unbranched alkanes of at least 4 members (excludes halogenated alkanes) is 4. The van der Waals surface area contributed by atoms with Gasteiger partial charge >= 0.3 is 0 Å². The van der Waals surface area contributed by atoms with Crippen LogP contribution in [0.25, 0.3) is 0 Å². The predicted octanol–water partition coefficient (Wildman–Crippen LogP) is 8.55. The molecule has 31 heavy (non-hydrogen) atoms. The molecule has 1 unspecified atom stereocenters. The summed E-state index contributed by atoms with van der Waals surface area (Å²) in [5, 5.41) is 0. The van der Waals surface area contributed by atoms with Crippen molar-refractivity contribution in [2.75, 3.05) is 4.43 Å². The average molecular weight is 527 g/mol. The molecule has 0 fully saturated rings. The van der Waals surface area contributed by atoms with Gasteiger partial charge in [0.25, 0.3) is 0 Å². The number of alkyl halides is 1. The lowest BCUT2D eigenvalue weighted by Gasteiger charge is -2.39. The second kappa shape index (κ2) is 13.0. The summed E-state index contributed by atoms with van der Waals surface area (Å²) in [6.45, 7) is 2.27. The molecule has 3 rings (SSSR count). The molecule has 0 aliphatic carbocycles. The fourth-order valence-corrected chi connectivity index (χ4v) is 5.03. The zero-order chi connectivity index (χ0) is 21.8. The average Bonchev–Trinajstić information content (AvgIpc) is 2.84. The molecule has 0 amide bonds. The van der Waals surface area contributed by atoms with E-state index in [1.807, 2.05) is 0 Å². The molecule has 0 aliphatic rings. The van der Waals surface area contributed by atoms with Crippen LogP contribution in [0.5, 0.6) is 0 Å². The minimum atomic E-state index is -0.607. The highest BCUT2D eigenvalue weighted by Crippen LogP contribution is 2.42. The van der Waals surface area contributed by atoms with Crippen LogP contribution in [0.1, 0.15) is 68.6 Å². The van der Waals surface area contributed by atoms with Crippen molar-refractivity contribution in [3.8, 4) is 0 Å². The van der Waals surface area contributed by atoms with Crippen LogP contribution >= 0.6 is 22.6 Å². The van der Waals surface area contributed by atoms with E-state index in [2.05, 4.69) is 121 Å². The monoisotopic (exact) mass is 526 g/mol. The van der Waals surface area contributed by atoms with Crippen LogP contribution in [-0.2, 0) is 10.3 Å². The molecule has 0 bridgehead atoms. The minimum absolute atomic E-state index is 0.221. The van der Waals surface area contributed by atoms with Gasteiger partial charge in [0.05, 0.1) is 6.10 Å². The molecule has 0 saturated carbocycles. The quantitative estimate of drug-likeness (QED) is 0.0939. The molecule has 0 radical (unpaired) electrons. The lowest BCUT2D eigenvalue weighted by atomic mass is 9.79. The smallest absolute Gasteiger partial charge is 0.144 e. The van der Waals surface area contributed by atoms with Gasteiger partial charge in [0.1, 0.15) is 5.60 Å². The molecule has 0 N–H and O–H groups in total. The normalized spacial score (nSPS) is 12.6. The SMILES string of the molecule is CCCCCCCC(CCI)OC(c1ccccc1)(c1ccccc1)c1ccccc1. The number of halogens is 1. The van der Waals surface area contributed by atoms with Crippen molar-refractivity contribution < 1.29 is 4.74 Å². The molecule has 0 saturated heterocycles. The van der Waals surface area contributed by atoms with Gasteiger partial charge < -0.3 is 4.74 Å². The number of ether oxygens (including phenoxy) is 1. The van der Waals surface area contributed by atoms with E-state index in [1.165, 1.54) is 48.8 Å². The zero-order valence-electron chi connectivity index (χ0n) is 18.7. The molecule has 0 aromatic heterocycles. The Bertz CT molecular complexity index is 751. The Morgan fingerprint density at radius 2 is 1.10 bits per heavy atom. The maximum atomic E-state index is 7.24. The first-order valence-electron chi connectivity index (χ1n) is 11.7. The summed E-state index contributed by atoms with van der Waals surface area (Å²) in [7, 11) is 0. The highest BCUT2D eigenvalue weighted by molar-refractivity contribution is 14.1. The number of hydrogen-bond donors (Lipinski definition) is 0. The van der Waals surface area contributed by atoms with Gasteiger partial charge in [0.15, 0.2) is 0 Å². The van der Waals surface area contributed by atoms with Gasteiger partial charge in [0.2, 0.25) is 0 Å². The largest absolute Gasteiger partial charge is 0.358 e. The Balaban J connectivity index is 2.02. The molecular formula is C29H35IO. The summed E-state index contributed by atoms with van der Waals surface area (Å²) in [5.41, 5.74) is 2.97. The number of hydrogen-bond acceptors (Lipinski definition) is 1. The molecule has 0 aliphatic heterocycles. The third-order valence-corrected chi connectivity index (χ3v) is 6.57. The van der Waals surface area contributed by atoms with Crippen molar-refractivity contribution >= 4 is 22.6 Å². The van der Waals surface area contributed by atoms with Gasteiger partial charge in [-0.05, 0) is 29.5 Å². The van der Waals surface area contributed by atoms with Crippen LogP contribution in [0.2, 0.25) is 0 Å². The Hall–Kier alpha value is -1.65. The Labute approximate surface area is 202 Å². The lowest BCUT2D eigenvalue weighted by molar-refractivity contribution is -0.0525. The topological polar surface area (TPSA) is 9.23 Å². The van der Waals surface area contributed by atoms with Crippen molar-refractivity contribution in [2.45, 2.75) is 63.6 Å². The van der Waals surface area contributed by atoms with Crippen LogP contribution in [0.3, 0.4) is 0 Å². The van der Waals surface area contributed by atoms with Gasteiger partial charge in [-0.2, -0.15) is 0 Å². The molecule has 1 atom stereocenters. The first kappa shape index (κ1) is 24.0. The van der Waals surface area contributed by atoms with E-state index < -0.39 is 5.60 Å². The summed E-state index contributed by atoms with van der Waals surface area (Å²) in [6, 6.07) is 32.2. The molecule has 3 aromatic rings. The first-order chi connectivity index (χ1) is 15.3. The van der Waals surface area contributed by atoms with Crippen molar-refractivity contribution in [3.63, 3.8) is 0 Å². The highest BCUT2D eigenvalue weighted by atomic mass is 127. The summed E-state index contributed by atoms with van der Waals surface area (Å²) >= 11 is 2.49. The van der Waals surface area contributed by atoms with Crippen LogP contribution in [0.15, 0.2) is 91.0 Å². The predicted molar refractivity (Wildman–Crippen MR) is 141 cm³/mol. The summed E-state index contributed by atoms with van der Waals surface area (Å²) < 4.78 is 8.34. The van der Waals surface area contributed by atoms with Gasteiger partial charge in [-0.3, -0.25) is 0 Å². The van der Waals surface area contributed by atoms with E-state index in [4.69, 9.17) is 4.74 Å². The Morgan fingerprint density at radius 3 is 1.52 bits per heavy atom. The van der Waals surface area contributed by atoms with Crippen LogP contribution in [-0.4, -0.2) is 10.5 Å². The van der Waals surface area contributed by atoms with E-state index >= 15 is 0 Å². The van der Waals surface area contributed by atoms with Gasteiger partial charge in [-0.15, -0.1) is 0 Å². The molecule has 164 valence electrons. The summed E-state index contributed by atoms with van der Waals surface area (Å²) in [5.74, 6) is 0. The fourth-order valence-electron chi connectivity index (χ4n) is 4.33. The van der Waals surface area contributed by atoms with Crippen molar-refractivity contribution in [3.05, 3.63) is 108 Å². The van der Waals surface area contributed by atoms with E-state index in [1.54, 1.807) is 0 Å². The maximum absolute atomic E-state index is 7.24. The molecule has 1 nitrogen and oxygen atoms in total. The standard InChI is InChI=1S/C29H35IO/c1-2-3-4-5-15-22-28(23-24-30)31-29(25-16-9-6-10-17-25,26-18-11-7-12-19-26)27-20-13-8-14-21-27/h6-14,16-21,28H,2-5,15,22-24H2,1H3. The molecule has 0 heterocycles. The van der Waals surface area contributed by atoms with Crippen LogP contribution < -0.4 is 0 Å². The summed E-state index contributed by atoms with van der Waals surface area (Å²) in [4.78, 5) is 0. The second-order valence-corrected chi connectivity index (χ2v) is 9.28. The van der Waals surface area contributed by atoms with E-state index in [-0.39, 0.29) is 6.10 Å². The Kier molecular flexibility index (Phi) is 10.1. The van der Waals surface area contributed by atoms with Crippen molar-refractivity contribution in [1.29, 1.82) is 0 Å². The minimum Gasteiger partial charge on any atom is -0.358 e. The molecule has 3 aromatic carbocycles. The Morgan fingerprint density at radius 1 is 0.645 bits per heavy atom.